The molecule has 1 amide bonds. The minimum atomic E-state index is -0.0575. The Balaban J connectivity index is 1.46. The van der Waals surface area contributed by atoms with Crippen molar-refractivity contribution in [2.45, 2.75) is 25.2 Å². The van der Waals surface area contributed by atoms with Gasteiger partial charge in [0.25, 0.3) is 5.91 Å². The van der Waals surface area contributed by atoms with Crippen LogP contribution in [0.15, 0.2) is 71.9 Å². The van der Waals surface area contributed by atoms with Gasteiger partial charge in [-0.15, -0.1) is 0 Å². The zero-order valence-corrected chi connectivity index (χ0v) is 17.0. The van der Waals surface area contributed by atoms with Crippen molar-refractivity contribution in [1.82, 2.24) is 14.9 Å². The fraction of sp³-hybridized carbons (Fsp3) is 0.167. The molecule has 0 saturated heterocycles. The SMILES string of the molecule is Cc1ccc(-c2nc3n(c2CNC(=O)c2cccc4ccccc24)CCS3)cc1. The van der Waals surface area contributed by atoms with Crippen molar-refractivity contribution < 1.29 is 4.79 Å². The molecule has 4 aromatic rings. The van der Waals surface area contributed by atoms with Gasteiger partial charge in [-0.25, -0.2) is 4.98 Å². The highest BCUT2D eigenvalue weighted by atomic mass is 32.2. The molecule has 3 aromatic carbocycles. The van der Waals surface area contributed by atoms with Gasteiger partial charge in [0.05, 0.1) is 17.9 Å². The second kappa shape index (κ2) is 7.41. The molecule has 1 aliphatic rings. The van der Waals surface area contributed by atoms with Crippen LogP contribution in [0.2, 0.25) is 0 Å². The number of thioether (sulfide) groups is 1. The van der Waals surface area contributed by atoms with Gasteiger partial charge in [-0.2, -0.15) is 0 Å². The summed E-state index contributed by atoms with van der Waals surface area (Å²) in [5.41, 5.74) is 5.05. The third kappa shape index (κ3) is 3.32. The second-order valence-electron chi connectivity index (χ2n) is 7.27. The fourth-order valence-electron chi connectivity index (χ4n) is 3.84. The molecule has 29 heavy (non-hydrogen) atoms. The summed E-state index contributed by atoms with van der Waals surface area (Å²) in [6.07, 6.45) is 0. The molecular formula is C24H21N3OS. The van der Waals surface area contributed by atoms with Gasteiger partial charge in [0, 0.05) is 23.4 Å². The number of nitrogens with zero attached hydrogens (tertiary/aromatic N) is 2. The second-order valence-corrected chi connectivity index (χ2v) is 8.33. The molecule has 0 spiro atoms. The van der Waals surface area contributed by atoms with E-state index in [4.69, 9.17) is 4.98 Å². The zero-order valence-electron chi connectivity index (χ0n) is 16.2. The van der Waals surface area contributed by atoms with Gasteiger partial charge in [0.2, 0.25) is 0 Å². The van der Waals surface area contributed by atoms with E-state index in [0.717, 1.165) is 45.2 Å². The summed E-state index contributed by atoms with van der Waals surface area (Å²) >= 11 is 1.77. The molecule has 0 bridgehead atoms. The number of amides is 1. The van der Waals surface area contributed by atoms with E-state index >= 15 is 0 Å². The molecule has 2 heterocycles. The molecule has 0 aliphatic carbocycles. The van der Waals surface area contributed by atoms with Crippen molar-refractivity contribution in [3.05, 3.63) is 83.6 Å². The summed E-state index contributed by atoms with van der Waals surface area (Å²) < 4.78 is 2.24. The number of rotatable bonds is 4. The minimum absolute atomic E-state index is 0.0575. The molecule has 0 fully saturated rings. The molecular weight excluding hydrogens is 378 g/mol. The standard InChI is InChI=1S/C24H21N3OS/c1-16-9-11-18(12-10-16)22-21(27-13-14-29-24(27)26-22)15-25-23(28)20-8-4-6-17-5-2-3-7-19(17)20/h2-12H,13-15H2,1H3,(H,25,28). The van der Waals surface area contributed by atoms with E-state index in [1.54, 1.807) is 11.8 Å². The van der Waals surface area contributed by atoms with Gasteiger partial charge in [-0.3, -0.25) is 4.79 Å². The molecule has 4 nitrogen and oxygen atoms in total. The number of aryl methyl sites for hydroxylation is 1. The predicted octanol–water partition coefficient (Wildman–Crippen LogP) is 5.05. The Bertz CT molecular complexity index is 1210. The fourth-order valence-corrected chi connectivity index (χ4v) is 4.81. The third-order valence-corrected chi connectivity index (χ3v) is 6.32. The monoisotopic (exact) mass is 399 g/mol. The van der Waals surface area contributed by atoms with Gasteiger partial charge in [0.1, 0.15) is 0 Å². The van der Waals surface area contributed by atoms with E-state index in [0.29, 0.717) is 12.1 Å². The topological polar surface area (TPSA) is 46.9 Å². The van der Waals surface area contributed by atoms with Crippen LogP contribution in [-0.2, 0) is 13.1 Å². The number of fused-ring (bicyclic) bond motifs is 2. The van der Waals surface area contributed by atoms with Crippen LogP contribution in [-0.4, -0.2) is 21.2 Å². The van der Waals surface area contributed by atoms with Crippen LogP contribution in [0.1, 0.15) is 21.6 Å². The third-order valence-electron chi connectivity index (χ3n) is 5.36. The van der Waals surface area contributed by atoms with Crippen LogP contribution in [0.4, 0.5) is 0 Å². The van der Waals surface area contributed by atoms with Crippen molar-refractivity contribution in [3.8, 4) is 11.3 Å². The van der Waals surface area contributed by atoms with Gasteiger partial charge in [-0.1, -0.05) is 78.0 Å². The average Bonchev–Trinajstić information content (AvgIpc) is 3.34. The van der Waals surface area contributed by atoms with Gasteiger partial charge in [0.15, 0.2) is 5.16 Å². The molecule has 0 unspecified atom stereocenters. The highest BCUT2D eigenvalue weighted by molar-refractivity contribution is 7.99. The van der Waals surface area contributed by atoms with Gasteiger partial charge in [-0.05, 0) is 23.8 Å². The van der Waals surface area contributed by atoms with Crippen molar-refractivity contribution in [3.63, 3.8) is 0 Å². The lowest BCUT2D eigenvalue weighted by Gasteiger charge is -2.11. The number of aromatic nitrogens is 2. The van der Waals surface area contributed by atoms with Crippen LogP contribution >= 0.6 is 11.8 Å². The van der Waals surface area contributed by atoms with E-state index in [1.165, 1.54) is 5.56 Å². The Morgan fingerprint density at radius 1 is 1.07 bits per heavy atom. The molecule has 0 saturated carbocycles. The lowest BCUT2D eigenvalue weighted by Crippen LogP contribution is -2.24. The van der Waals surface area contributed by atoms with Crippen molar-refractivity contribution in [2.75, 3.05) is 5.75 Å². The lowest BCUT2D eigenvalue weighted by atomic mass is 10.0. The van der Waals surface area contributed by atoms with Crippen LogP contribution in [0, 0.1) is 6.92 Å². The average molecular weight is 400 g/mol. The Morgan fingerprint density at radius 3 is 2.72 bits per heavy atom. The number of benzene rings is 3. The molecule has 0 radical (unpaired) electrons. The molecule has 0 atom stereocenters. The number of hydrogen-bond donors (Lipinski definition) is 1. The molecule has 1 aliphatic heterocycles. The summed E-state index contributed by atoms with van der Waals surface area (Å²) in [4.78, 5) is 17.9. The largest absolute Gasteiger partial charge is 0.346 e. The zero-order chi connectivity index (χ0) is 19.8. The van der Waals surface area contributed by atoms with Gasteiger partial charge < -0.3 is 9.88 Å². The Hall–Kier alpha value is -3.05. The highest BCUT2D eigenvalue weighted by Gasteiger charge is 2.23. The number of nitrogens with one attached hydrogen (secondary N) is 1. The molecule has 5 rings (SSSR count). The first kappa shape index (κ1) is 18.0. The Morgan fingerprint density at radius 2 is 1.86 bits per heavy atom. The number of hydrogen-bond acceptors (Lipinski definition) is 3. The maximum Gasteiger partial charge on any atom is 0.252 e. The normalized spacial score (nSPS) is 12.9. The van der Waals surface area contributed by atoms with Crippen molar-refractivity contribution >= 4 is 28.4 Å². The first-order valence-corrected chi connectivity index (χ1v) is 10.7. The molecule has 1 N–H and O–H groups in total. The molecule has 144 valence electrons. The van der Waals surface area contributed by atoms with E-state index < -0.39 is 0 Å². The quantitative estimate of drug-likeness (QED) is 0.522. The summed E-state index contributed by atoms with van der Waals surface area (Å²) in [5.74, 6) is 0.971. The maximum absolute atomic E-state index is 13.0. The number of carbonyl (C=O) groups excluding carboxylic acids is 1. The first-order valence-electron chi connectivity index (χ1n) is 9.76. The van der Waals surface area contributed by atoms with E-state index in [1.807, 2.05) is 42.5 Å². The molecule has 5 heteroatoms. The van der Waals surface area contributed by atoms with Crippen molar-refractivity contribution in [2.24, 2.45) is 0 Å². The summed E-state index contributed by atoms with van der Waals surface area (Å²) in [5, 5.41) is 6.22. The summed E-state index contributed by atoms with van der Waals surface area (Å²) in [7, 11) is 0. The van der Waals surface area contributed by atoms with E-state index in [9.17, 15) is 4.79 Å². The van der Waals surface area contributed by atoms with Crippen LogP contribution in [0.25, 0.3) is 22.0 Å². The number of carbonyl (C=O) groups is 1. The van der Waals surface area contributed by atoms with E-state index in [2.05, 4.69) is 41.1 Å². The van der Waals surface area contributed by atoms with Crippen molar-refractivity contribution in [1.29, 1.82) is 0 Å². The number of imidazole rings is 1. The first-order chi connectivity index (χ1) is 14.2. The maximum atomic E-state index is 13.0. The smallest absolute Gasteiger partial charge is 0.252 e. The molecule has 1 aromatic heterocycles. The van der Waals surface area contributed by atoms with Crippen LogP contribution in [0.3, 0.4) is 0 Å². The van der Waals surface area contributed by atoms with Gasteiger partial charge >= 0.3 is 0 Å². The summed E-state index contributed by atoms with van der Waals surface area (Å²) in [6, 6.07) is 22.2. The highest BCUT2D eigenvalue weighted by Crippen LogP contribution is 2.33. The van der Waals surface area contributed by atoms with Crippen LogP contribution in [0.5, 0.6) is 0 Å². The predicted molar refractivity (Wildman–Crippen MR) is 118 cm³/mol. The van der Waals surface area contributed by atoms with E-state index in [-0.39, 0.29) is 5.91 Å². The minimum Gasteiger partial charge on any atom is -0.346 e. The van der Waals surface area contributed by atoms with Crippen LogP contribution < -0.4 is 5.32 Å². The lowest BCUT2D eigenvalue weighted by molar-refractivity contribution is 0.0951. The summed E-state index contributed by atoms with van der Waals surface area (Å²) in [6.45, 7) is 3.47. The Kier molecular flexibility index (Phi) is 4.60. The Labute approximate surface area is 174 Å².